The van der Waals surface area contributed by atoms with Crippen LogP contribution in [0.2, 0.25) is 0 Å². The summed E-state index contributed by atoms with van der Waals surface area (Å²) in [6, 6.07) is 8.25. The van der Waals surface area contributed by atoms with Gasteiger partial charge in [0.25, 0.3) is 5.56 Å². The van der Waals surface area contributed by atoms with E-state index in [4.69, 9.17) is 5.73 Å². The van der Waals surface area contributed by atoms with Gasteiger partial charge in [0, 0.05) is 11.6 Å². The zero-order valence-corrected chi connectivity index (χ0v) is 19.0. The smallest absolute Gasteiger partial charge is 0.278 e. The lowest BCUT2D eigenvalue weighted by Crippen LogP contribution is -2.26. The Morgan fingerprint density at radius 3 is 2.44 bits per heavy atom. The van der Waals surface area contributed by atoms with Crippen molar-refractivity contribution in [3.8, 4) is 11.3 Å². The third-order valence-corrected chi connectivity index (χ3v) is 6.19. The van der Waals surface area contributed by atoms with E-state index >= 15 is 0 Å². The van der Waals surface area contributed by atoms with Gasteiger partial charge in [0.1, 0.15) is 22.8 Å². The van der Waals surface area contributed by atoms with Crippen molar-refractivity contribution in [2.75, 3.05) is 10.5 Å². The summed E-state index contributed by atoms with van der Waals surface area (Å²) in [6.45, 7) is 3.56. The van der Waals surface area contributed by atoms with Gasteiger partial charge in [0.05, 0.1) is 17.6 Å². The first-order chi connectivity index (χ1) is 16.0. The minimum Gasteiger partial charge on any atom is -0.368 e. The molecule has 9 nitrogen and oxygen atoms in total. The summed E-state index contributed by atoms with van der Waals surface area (Å²) < 4.78 is 56.4. The van der Waals surface area contributed by atoms with Crippen molar-refractivity contribution >= 4 is 32.8 Å². The van der Waals surface area contributed by atoms with Gasteiger partial charge in [-0.25, -0.2) is 27.2 Å². The van der Waals surface area contributed by atoms with E-state index in [1.54, 1.807) is 13.8 Å². The summed E-state index contributed by atoms with van der Waals surface area (Å²) in [5, 5.41) is 0. The molecule has 0 radical (unpaired) electrons. The zero-order chi connectivity index (χ0) is 24.6. The average molecular weight is 487 g/mol. The molecule has 0 bridgehead atoms. The number of nitrogen functional groups attached to an aromatic ring is 1. The summed E-state index contributed by atoms with van der Waals surface area (Å²) in [7, 11) is -3.98. The molecule has 0 saturated heterocycles. The lowest BCUT2D eigenvalue weighted by atomic mass is 10.1. The van der Waals surface area contributed by atoms with Crippen LogP contribution in [0.25, 0.3) is 22.4 Å². The molecule has 0 spiro atoms. The second-order valence-corrected chi connectivity index (χ2v) is 9.57. The maximum absolute atomic E-state index is 14.9. The molecule has 0 amide bonds. The fourth-order valence-corrected chi connectivity index (χ4v) is 4.63. The first kappa shape index (κ1) is 23.2. The van der Waals surface area contributed by atoms with Gasteiger partial charge >= 0.3 is 0 Å². The molecule has 3 N–H and O–H groups in total. The van der Waals surface area contributed by atoms with E-state index in [0.29, 0.717) is 11.1 Å². The molecule has 176 valence electrons. The lowest BCUT2D eigenvalue weighted by Gasteiger charge is -2.15. The van der Waals surface area contributed by atoms with Crippen LogP contribution in [-0.2, 0) is 15.8 Å². The summed E-state index contributed by atoms with van der Waals surface area (Å²) in [4.78, 5) is 25.4. The molecule has 0 unspecified atom stereocenters. The predicted octanol–water partition coefficient (Wildman–Crippen LogP) is 3.24. The Morgan fingerprint density at radius 1 is 1.09 bits per heavy atom. The molecule has 0 fully saturated rings. The van der Waals surface area contributed by atoms with Crippen LogP contribution in [0.5, 0.6) is 0 Å². The van der Waals surface area contributed by atoms with E-state index in [1.165, 1.54) is 35.0 Å². The third-order valence-electron chi connectivity index (χ3n) is 4.94. The lowest BCUT2D eigenvalue weighted by molar-refractivity contribution is 0.593. The normalized spacial score (nSPS) is 11.8. The highest BCUT2D eigenvalue weighted by Gasteiger charge is 2.19. The Hall–Kier alpha value is -3.93. The van der Waals surface area contributed by atoms with Crippen LogP contribution in [0.15, 0.2) is 53.5 Å². The van der Waals surface area contributed by atoms with Gasteiger partial charge in [0.15, 0.2) is 5.65 Å². The minimum absolute atomic E-state index is 0.0147. The van der Waals surface area contributed by atoms with E-state index in [1.807, 2.05) is 0 Å². The first-order valence-electron chi connectivity index (χ1n) is 10.1. The van der Waals surface area contributed by atoms with E-state index in [9.17, 15) is 22.0 Å². The second kappa shape index (κ2) is 8.78. The van der Waals surface area contributed by atoms with Crippen LogP contribution in [0.4, 0.5) is 20.4 Å². The zero-order valence-electron chi connectivity index (χ0n) is 18.2. The molecular formula is C22H20F2N6O3S. The van der Waals surface area contributed by atoms with Gasteiger partial charge in [-0.3, -0.25) is 14.1 Å². The minimum atomic E-state index is -3.98. The van der Waals surface area contributed by atoms with E-state index in [-0.39, 0.29) is 34.6 Å². The van der Waals surface area contributed by atoms with Crippen LogP contribution in [0, 0.1) is 11.6 Å². The van der Waals surface area contributed by atoms with Crippen molar-refractivity contribution in [2.45, 2.75) is 25.6 Å². The Balaban J connectivity index is 1.70. The number of sulfonamides is 1. The first-order valence-corrected chi connectivity index (χ1v) is 11.8. The topological polar surface area (TPSA) is 133 Å². The Kier molecular flexibility index (Phi) is 6.00. The highest BCUT2D eigenvalue weighted by atomic mass is 32.2. The Morgan fingerprint density at radius 2 is 1.79 bits per heavy atom. The van der Waals surface area contributed by atoms with Gasteiger partial charge < -0.3 is 5.73 Å². The number of rotatable bonds is 6. The van der Waals surface area contributed by atoms with Gasteiger partial charge in [-0.15, -0.1) is 0 Å². The van der Waals surface area contributed by atoms with Crippen molar-refractivity contribution in [3.05, 3.63) is 76.2 Å². The fourth-order valence-electron chi connectivity index (χ4n) is 3.43. The number of nitrogens with zero attached hydrogens (tertiary/aromatic N) is 4. The Labute approximate surface area is 193 Å². The third kappa shape index (κ3) is 4.71. The maximum atomic E-state index is 14.9. The van der Waals surface area contributed by atoms with Crippen LogP contribution >= 0.6 is 0 Å². The van der Waals surface area contributed by atoms with Gasteiger partial charge in [-0.05, 0) is 43.7 Å². The van der Waals surface area contributed by atoms with Gasteiger partial charge in [-0.2, -0.15) is 4.98 Å². The Bertz CT molecular complexity index is 1550. The molecular weight excluding hydrogens is 466 g/mol. The number of nitrogens with two attached hydrogens (primary N) is 1. The van der Waals surface area contributed by atoms with Crippen LogP contribution in [0.3, 0.4) is 0 Å². The van der Waals surface area contributed by atoms with Crippen LogP contribution in [0.1, 0.15) is 25.5 Å². The van der Waals surface area contributed by atoms with Gasteiger partial charge in [-0.1, -0.05) is 18.2 Å². The molecule has 0 aliphatic carbocycles. The SMILES string of the molecule is CC(C)n1c(=O)c(-c2ccc(NS(=O)(=O)Cc3ccc(F)cc3)c(F)c2)nc2cnc(N)nc21. The molecule has 2 heterocycles. The number of fused-ring (bicyclic) bond motifs is 1. The fraction of sp³-hybridized carbons (Fsp3) is 0.182. The van der Waals surface area contributed by atoms with Crippen molar-refractivity contribution in [1.82, 2.24) is 19.5 Å². The molecule has 2 aromatic heterocycles. The van der Waals surface area contributed by atoms with Crippen molar-refractivity contribution in [1.29, 1.82) is 0 Å². The molecule has 2 aromatic carbocycles. The monoisotopic (exact) mass is 486 g/mol. The number of halogens is 2. The largest absolute Gasteiger partial charge is 0.368 e. The van der Waals surface area contributed by atoms with Crippen molar-refractivity contribution in [3.63, 3.8) is 0 Å². The molecule has 0 saturated carbocycles. The molecule has 0 aliphatic heterocycles. The quantitative estimate of drug-likeness (QED) is 0.427. The number of hydrogen-bond donors (Lipinski definition) is 2. The molecule has 4 rings (SSSR count). The average Bonchev–Trinajstić information content (AvgIpc) is 2.76. The molecule has 0 aliphatic rings. The predicted molar refractivity (Wildman–Crippen MR) is 124 cm³/mol. The van der Waals surface area contributed by atoms with Crippen LogP contribution < -0.4 is 16.0 Å². The summed E-state index contributed by atoms with van der Waals surface area (Å²) in [5.74, 6) is -1.88. The molecule has 34 heavy (non-hydrogen) atoms. The van der Waals surface area contributed by atoms with E-state index in [2.05, 4.69) is 19.7 Å². The molecule has 0 atom stereocenters. The van der Waals surface area contributed by atoms with Crippen molar-refractivity contribution in [2.24, 2.45) is 0 Å². The highest BCUT2D eigenvalue weighted by molar-refractivity contribution is 7.91. The summed E-state index contributed by atoms with van der Waals surface area (Å²) in [6.07, 6.45) is 1.37. The maximum Gasteiger partial charge on any atom is 0.278 e. The van der Waals surface area contributed by atoms with Gasteiger partial charge in [0.2, 0.25) is 16.0 Å². The van der Waals surface area contributed by atoms with Crippen molar-refractivity contribution < 1.29 is 17.2 Å². The van der Waals surface area contributed by atoms with E-state index < -0.39 is 33.0 Å². The summed E-state index contributed by atoms with van der Waals surface area (Å²) in [5.41, 5.74) is 5.82. The van der Waals surface area contributed by atoms with E-state index in [0.717, 1.165) is 18.2 Å². The van der Waals surface area contributed by atoms with Crippen LogP contribution in [-0.4, -0.2) is 27.9 Å². The second-order valence-electron chi connectivity index (χ2n) is 7.85. The molecule has 12 heteroatoms. The number of nitrogens with one attached hydrogen (secondary N) is 1. The number of benzene rings is 2. The number of anilines is 2. The number of aromatic nitrogens is 4. The summed E-state index contributed by atoms with van der Waals surface area (Å²) >= 11 is 0. The number of hydrogen-bond acceptors (Lipinski definition) is 7. The molecule has 4 aromatic rings. The highest BCUT2D eigenvalue weighted by Crippen LogP contribution is 2.25. The standard InChI is InChI=1S/C22H20F2N6O3S/c1-12(2)30-20-18(10-26-22(25)28-20)27-19(21(30)31)14-5-8-17(16(24)9-14)29-34(32,33)11-13-3-6-15(23)7-4-13/h3-10,12,29H,11H2,1-2H3,(H2,25,26,28).